The summed E-state index contributed by atoms with van der Waals surface area (Å²) in [6.07, 6.45) is 5.21. The first-order valence-electron chi connectivity index (χ1n) is 11.1. The lowest BCUT2D eigenvalue weighted by molar-refractivity contribution is 0.122. The van der Waals surface area contributed by atoms with E-state index < -0.39 is 0 Å². The number of hydrogen-bond acceptors (Lipinski definition) is 8. The minimum absolute atomic E-state index is 0.528. The predicted octanol–water partition coefficient (Wildman–Crippen LogP) is 3.50. The Balaban J connectivity index is 1.58. The van der Waals surface area contributed by atoms with E-state index in [9.17, 15) is 0 Å². The molecule has 0 saturated carbocycles. The maximum atomic E-state index is 5.55. The van der Waals surface area contributed by atoms with Crippen LogP contribution in [-0.2, 0) is 11.3 Å². The van der Waals surface area contributed by atoms with Crippen LogP contribution in [0, 0.1) is 6.92 Å². The summed E-state index contributed by atoms with van der Waals surface area (Å²) in [5.41, 5.74) is 7.72. The van der Waals surface area contributed by atoms with Gasteiger partial charge in [-0.05, 0) is 43.7 Å². The second-order valence-electron chi connectivity index (χ2n) is 7.83. The number of rotatable bonds is 6. The number of imidazole rings is 1. The number of hydrogen-bond donors (Lipinski definition) is 1. The fraction of sp³-hybridized carbons (Fsp3) is 0.292. The van der Waals surface area contributed by atoms with Crippen LogP contribution < -0.4 is 10.3 Å². The summed E-state index contributed by atoms with van der Waals surface area (Å²) in [6.45, 7) is 7.71. The summed E-state index contributed by atoms with van der Waals surface area (Å²) in [7, 11) is 0. The molecule has 0 atom stereocenters. The van der Waals surface area contributed by atoms with Crippen molar-refractivity contribution in [3.05, 3.63) is 60.2 Å². The van der Waals surface area contributed by atoms with Crippen LogP contribution in [0.2, 0.25) is 0 Å². The fourth-order valence-electron chi connectivity index (χ4n) is 3.96. The van der Waals surface area contributed by atoms with Crippen molar-refractivity contribution < 1.29 is 4.74 Å². The highest BCUT2D eigenvalue weighted by Crippen LogP contribution is 2.29. The largest absolute Gasteiger partial charge is 0.378 e. The van der Waals surface area contributed by atoms with Gasteiger partial charge in [-0.25, -0.2) is 15.0 Å². The highest BCUT2D eigenvalue weighted by Gasteiger charge is 2.22. The van der Waals surface area contributed by atoms with E-state index in [2.05, 4.69) is 31.9 Å². The molecule has 0 radical (unpaired) electrons. The number of nitrogens with zero attached hydrogens (tertiary/aromatic N) is 7. The molecule has 168 valence electrons. The maximum Gasteiger partial charge on any atom is 0.176 e. The number of fused-ring (bicyclic) bond motifs is 1. The number of anilines is 2. The average molecular weight is 443 g/mol. The van der Waals surface area contributed by atoms with Crippen LogP contribution in [0.5, 0.6) is 0 Å². The van der Waals surface area contributed by atoms with Gasteiger partial charge in [0, 0.05) is 37.6 Å². The Morgan fingerprint density at radius 3 is 2.67 bits per heavy atom. The van der Waals surface area contributed by atoms with E-state index in [0.29, 0.717) is 19.0 Å². The van der Waals surface area contributed by atoms with Crippen LogP contribution in [-0.4, -0.2) is 57.0 Å². The van der Waals surface area contributed by atoms with Crippen molar-refractivity contribution in [1.29, 1.82) is 0 Å². The van der Waals surface area contributed by atoms with Gasteiger partial charge in [0.15, 0.2) is 22.8 Å². The molecule has 1 N–H and O–H groups in total. The zero-order valence-electron chi connectivity index (χ0n) is 18.8. The van der Waals surface area contributed by atoms with E-state index in [1.807, 2.05) is 43.3 Å². The van der Waals surface area contributed by atoms with Crippen LogP contribution in [0.25, 0.3) is 22.6 Å². The molecule has 33 heavy (non-hydrogen) atoms. The van der Waals surface area contributed by atoms with Gasteiger partial charge >= 0.3 is 0 Å². The molecule has 9 nitrogen and oxygen atoms in total. The topological polar surface area (TPSA) is 93.4 Å². The van der Waals surface area contributed by atoms with Crippen molar-refractivity contribution in [3.63, 3.8) is 0 Å². The van der Waals surface area contributed by atoms with E-state index in [1.54, 1.807) is 18.6 Å². The van der Waals surface area contributed by atoms with Crippen LogP contribution in [0.1, 0.15) is 18.3 Å². The first-order chi connectivity index (χ1) is 16.2. The average Bonchev–Trinajstić information content (AvgIpc) is 3.23. The van der Waals surface area contributed by atoms with Gasteiger partial charge in [0.1, 0.15) is 5.82 Å². The lowest BCUT2D eigenvalue weighted by atomic mass is 10.2. The molecule has 1 aliphatic heterocycles. The molecule has 1 aromatic carbocycles. The number of hydrazone groups is 1. The molecule has 0 bridgehead atoms. The van der Waals surface area contributed by atoms with Gasteiger partial charge in [-0.15, -0.1) is 0 Å². The van der Waals surface area contributed by atoms with Crippen molar-refractivity contribution in [2.24, 2.45) is 5.10 Å². The Bertz CT molecular complexity index is 1280. The number of aryl methyl sites for hydroxylation is 2. The first kappa shape index (κ1) is 21.0. The third kappa shape index (κ3) is 4.40. The number of morpholine rings is 1. The molecule has 0 amide bonds. The van der Waals surface area contributed by atoms with E-state index in [0.717, 1.165) is 59.3 Å². The zero-order valence-corrected chi connectivity index (χ0v) is 18.8. The van der Waals surface area contributed by atoms with Gasteiger partial charge in [-0.2, -0.15) is 5.10 Å². The number of benzene rings is 1. The second-order valence-corrected chi connectivity index (χ2v) is 7.83. The number of aromatic nitrogens is 5. The fourth-order valence-corrected chi connectivity index (χ4v) is 3.96. The van der Waals surface area contributed by atoms with Crippen molar-refractivity contribution in [1.82, 2.24) is 24.5 Å². The minimum Gasteiger partial charge on any atom is -0.378 e. The van der Waals surface area contributed by atoms with Gasteiger partial charge in [-0.1, -0.05) is 12.1 Å². The predicted molar refractivity (Wildman–Crippen MR) is 130 cm³/mol. The van der Waals surface area contributed by atoms with Gasteiger partial charge in [0.05, 0.1) is 25.1 Å². The molecule has 0 unspecified atom stereocenters. The van der Waals surface area contributed by atoms with Crippen LogP contribution >= 0.6 is 0 Å². The molecular formula is C24H26N8O. The molecule has 5 rings (SSSR count). The molecule has 1 aliphatic rings. The summed E-state index contributed by atoms with van der Waals surface area (Å²) in [5.74, 6) is 2.19. The summed E-state index contributed by atoms with van der Waals surface area (Å²) in [6, 6.07) is 12.0. The van der Waals surface area contributed by atoms with Crippen molar-refractivity contribution in [3.8, 4) is 11.4 Å². The highest BCUT2D eigenvalue weighted by atomic mass is 16.5. The summed E-state index contributed by atoms with van der Waals surface area (Å²) in [5, 5.41) is 4.39. The molecule has 0 aliphatic carbocycles. The Morgan fingerprint density at radius 1 is 1.09 bits per heavy atom. The van der Waals surface area contributed by atoms with Gasteiger partial charge in [0.25, 0.3) is 0 Å². The number of ether oxygens (including phenoxy) is 1. The van der Waals surface area contributed by atoms with E-state index in [1.165, 1.54) is 0 Å². The Hall–Kier alpha value is -3.85. The lowest BCUT2D eigenvalue weighted by Gasteiger charge is -2.27. The zero-order chi connectivity index (χ0) is 22.6. The molecular weight excluding hydrogens is 416 g/mol. The maximum absolute atomic E-state index is 5.55. The standard InChI is InChI=1S/C24H26N8O/c1-3-32-22(18-7-9-25-10-8-18)29-21-23(31-11-13-33-14-12-31)27-20(28-24(21)32)16-26-30-19-6-4-5-17(2)15-19/h4-10,15-16,30H,3,11-14H2,1-2H3. The third-order valence-electron chi connectivity index (χ3n) is 5.55. The second kappa shape index (κ2) is 9.33. The first-order valence-corrected chi connectivity index (χ1v) is 11.1. The number of nitrogens with one attached hydrogen (secondary N) is 1. The summed E-state index contributed by atoms with van der Waals surface area (Å²) in [4.78, 5) is 21.0. The van der Waals surface area contributed by atoms with Crippen molar-refractivity contribution in [2.45, 2.75) is 20.4 Å². The lowest BCUT2D eigenvalue weighted by Crippen LogP contribution is -2.37. The molecule has 0 spiro atoms. The van der Waals surface area contributed by atoms with E-state index in [4.69, 9.17) is 19.7 Å². The molecule has 1 fully saturated rings. The Kier molecular flexibility index (Phi) is 5.95. The highest BCUT2D eigenvalue weighted by molar-refractivity contribution is 5.90. The monoisotopic (exact) mass is 442 g/mol. The normalized spacial score (nSPS) is 14.3. The van der Waals surface area contributed by atoms with Crippen LogP contribution in [0.4, 0.5) is 11.5 Å². The molecule has 3 aromatic heterocycles. The van der Waals surface area contributed by atoms with Crippen LogP contribution in [0.15, 0.2) is 53.9 Å². The van der Waals surface area contributed by atoms with Crippen LogP contribution in [0.3, 0.4) is 0 Å². The van der Waals surface area contributed by atoms with E-state index >= 15 is 0 Å². The smallest absolute Gasteiger partial charge is 0.176 e. The molecule has 1 saturated heterocycles. The van der Waals surface area contributed by atoms with Crippen molar-refractivity contribution in [2.75, 3.05) is 36.6 Å². The molecule has 9 heteroatoms. The van der Waals surface area contributed by atoms with Crippen molar-refractivity contribution >= 4 is 28.9 Å². The number of pyridine rings is 1. The SMILES string of the molecule is CCn1c(-c2ccncc2)nc2c(N3CCOCC3)nc(C=NNc3cccc(C)c3)nc21. The molecule has 4 aromatic rings. The van der Waals surface area contributed by atoms with E-state index in [-0.39, 0.29) is 0 Å². The quantitative estimate of drug-likeness (QED) is 0.361. The van der Waals surface area contributed by atoms with Gasteiger partial charge < -0.3 is 14.2 Å². The Labute approximate surface area is 192 Å². The van der Waals surface area contributed by atoms with Gasteiger partial charge in [-0.3, -0.25) is 10.4 Å². The summed E-state index contributed by atoms with van der Waals surface area (Å²) >= 11 is 0. The third-order valence-corrected chi connectivity index (χ3v) is 5.55. The minimum atomic E-state index is 0.528. The summed E-state index contributed by atoms with van der Waals surface area (Å²) < 4.78 is 7.67. The molecule has 4 heterocycles. The Morgan fingerprint density at radius 2 is 1.91 bits per heavy atom. The van der Waals surface area contributed by atoms with Gasteiger partial charge in [0.2, 0.25) is 0 Å².